The minimum Gasteiger partial charge on any atom is -0.355 e. The van der Waals surface area contributed by atoms with E-state index in [1.165, 1.54) is 0 Å². The first-order valence-corrected chi connectivity index (χ1v) is 7.12. The summed E-state index contributed by atoms with van der Waals surface area (Å²) in [6.07, 6.45) is 1.09. The Morgan fingerprint density at radius 2 is 2.21 bits per heavy atom. The van der Waals surface area contributed by atoms with Gasteiger partial charge in [0.1, 0.15) is 0 Å². The molecule has 1 saturated heterocycles. The molecule has 1 unspecified atom stereocenters. The number of hydrogen-bond acceptors (Lipinski definition) is 2. The third-order valence-corrected chi connectivity index (χ3v) is 4.13. The Bertz CT molecular complexity index is 480. The van der Waals surface area contributed by atoms with Gasteiger partial charge in [0, 0.05) is 31.0 Å². The van der Waals surface area contributed by atoms with E-state index in [-0.39, 0.29) is 17.7 Å². The van der Waals surface area contributed by atoms with Gasteiger partial charge in [-0.15, -0.1) is 0 Å². The van der Waals surface area contributed by atoms with E-state index in [0.717, 1.165) is 10.0 Å². The molecule has 0 aromatic heterocycles. The average molecular weight is 325 g/mol. The Hall–Kier alpha value is -1.36. The van der Waals surface area contributed by atoms with Gasteiger partial charge in [-0.3, -0.25) is 9.59 Å². The highest BCUT2D eigenvalue weighted by molar-refractivity contribution is 9.10. The number of benzene rings is 1. The molecule has 0 aliphatic carbocycles. The molecule has 1 atom stereocenters. The van der Waals surface area contributed by atoms with Crippen LogP contribution in [0.25, 0.3) is 0 Å². The van der Waals surface area contributed by atoms with E-state index in [0.29, 0.717) is 25.9 Å². The van der Waals surface area contributed by atoms with Crippen molar-refractivity contribution in [2.24, 2.45) is 5.92 Å². The molecule has 0 radical (unpaired) electrons. The van der Waals surface area contributed by atoms with E-state index in [1.807, 2.05) is 24.3 Å². The summed E-state index contributed by atoms with van der Waals surface area (Å²) in [7, 11) is 1.80. The zero-order chi connectivity index (χ0) is 13.8. The van der Waals surface area contributed by atoms with Crippen molar-refractivity contribution in [2.45, 2.75) is 19.4 Å². The van der Waals surface area contributed by atoms with Gasteiger partial charge in [0.25, 0.3) is 0 Å². The molecule has 1 aromatic rings. The van der Waals surface area contributed by atoms with Crippen LogP contribution in [0.4, 0.5) is 0 Å². The second kappa shape index (κ2) is 6.19. The first-order chi connectivity index (χ1) is 9.08. The molecule has 1 aromatic carbocycles. The van der Waals surface area contributed by atoms with Crippen molar-refractivity contribution < 1.29 is 9.59 Å². The number of nitrogens with one attached hydrogen (secondary N) is 1. The number of nitrogens with zero attached hydrogens (tertiary/aromatic N) is 1. The zero-order valence-electron chi connectivity index (χ0n) is 10.9. The van der Waals surface area contributed by atoms with Crippen molar-refractivity contribution in [1.29, 1.82) is 0 Å². The van der Waals surface area contributed by atoms with Crippen LogP contribution < -0.4 is 5.32 Å². The Labute approximate surface area is 121 Å². The molecule has 4 nitrogen and oxygen atoms in total. The molecule has 19 heavy (non-hydrogen) atoms. The van der Waals surface area contributed by atoms with Gasteiger partial charge in [0.15, 0.2) is 0 Å². The summed E-state index contributed by atoms with van der Waals surface area (Å²) in [6, 6.07) is 7.87. The zero-order valence-corrected chi connectivity index (χ0v) is 12.4. The molecule has 0 saturated carbocycles. The summed E-state index contributed by atoms with van der Waals surface area (Å²) in [4.78, 5) is 25.1. The van der Waals surface area contributed by atoms with Crippen molar-refractivity contribution >= 4 is 27.7 Å². The fourth-order valence-corrected chi connectivity index (χ4v) is 2.63. The fraction of sp³-hybridized carbons (Fsp3) is 0.429. The molecule has 2 rings (SSSR count). The molecular formula is C14H17BrN2O2. The van der Waals surface area contributed by atoms with E-state index in [4.69, 9.17) is 0 Å². The van der Waals surface area contributed by atoms with E-state index in [1.54, 1.807) is 11.9 Å². The molecule has 1 aliphatic rings. The molecule has 1 N–H and O–H groups in total. The summed E-state index contributed by atoms with van der Waals surface area (Å²) in [6.45, 7) is 1.03. The van der Waals surface area contributed by atoms with Gasteiger partial charge in [-0.05, 0) is 18.1 Å². The topological polar surface area (TPSA) is 49.4 Å². The monoisotopic (exact) mass is 324 g/mol. The maximum absolute atomic E-state index is 12.3. The van der Waals surface area contributed by atoms with Crippen LogP contribution in [0.1, 0.15) is 18.4 Å². The molecule has 1 fully saturated rings. The summed E-state index contributed by atoms with van der Waals surface area (Å²) in [5.74, 6) is 0.0402. The van der Waals surface area contributed by atoms with Crippen LogP contribution in [0.5, 0.6) is 0 Å². The number of halogens is 1. The van der Waals surface area contributed by atoms with Gasteiger partial charge >= 0.3 is 0 Å². The molecule has 5 heteroatoms. The van der Waals surface area contributed by atoms with Gasteiger partial charge in [-0.1, -0.05) is 34.1 Å². The Kier molecular flexibility index (Phi) is 4.58. The standard InChI is InChI=1S/C14H17BrN2O2/c1-17(9-11-4-2-3-5-12(11)15)14(19)10-6-7-13(18)16-8-10/h2-5,10H,6-9H2,1H3,(H,16,18). The lowest BCUT2D eigenvalue weighted by Crippen LogP contribution is -2.43. The normalized spacial score (nSPS) is 18.8. The van der Waals surface area contributed by atoms with E-state index in [9.17, 15) is 9.59 Å². The van der Waals surface area contributed by atoms with Crippen molar-refractivity contribution in [2.75, 3.05) is 13.6 Å². The third-order valence-electron chi connectivity index (χ3n) is 3.36. The summed E-state index contributed by atoms with van der Waals surface area (Å²) >= 11 is 3.48. The summed E-state index contributed by atoms with van der Waals surface area (Å²) in [5, 5.41) is 2.75. The van der Waals surface area contributed by atoms with Crippen LogP contribution in [0, 0.1) is 5.92 Å². The van der Waals surface area contributed by atoms with Gasteiger partial charge in [0.2, 0.25) is 11.8 Å². The lowest BCUT2D eigenvalue weighted by atomic mass is 9.97. The maximum atomic E-state index is 12.3. The van der Waals surface area contributed by atoms with Crippen LogP contribution in [0.2, 0.25) is 0 Å². The Morgan fingerprint density at radius 1 is 1.47 bits per heavy atom. The van der Waals surface area contributed by atoms with Crippen molar-refractivity contribution in [1.82, 2.24) is 10.2 Å². The van der Waals surface area contributed by atoms with Crippen LogP contribution in [-0.2, 0) is 16.1 Å². The number of piperidine rings is 1. The first-order valence-electron chi connectivity index (χ1n) is 6.33. The number of rotatable bonds is 3. The van der Waals surface area contributed by atoms with Gasteiger partial charge in [-0.2, -0.15) is 0 Å². The molecule has 1 aliphatic heterocycles. The van der Waals surface area contributed by atoms with Crippen LogP contribution >= 0.6 is 15.9 Å². The lowest BCUT2D eigenvalue weighted by molar-refractivity contribution is -0.136. The molecule has 102 valence electrons. The highest BCUT2D eigenvalue weighted by Gasteiger charge is 2.26. The first kappa shape index (κ1) is 14.1. The predicted octanol–water partition coefficient (Wildman–Crippen LogP) is 1.93. The second-order valence-corrected chi connectivity index (χ2v) is 5.68. The highest BCUT2D eigenvalue weighted by Crippen LogP contribution is 2.19. The quantitative estimate of drug-likeness (QED) is 0.923. The lowest BCUT2D eigenvalue weighted by Gasteiger charge is -2.27. The average Bonchev–Trinajstić information content (AvgIpc) is 2.41. The fourth-order valence-electron chi connectivity index (χ4n) is 2.22. The van der Waals surface area contributed by atoms with Crippen molar-refractivity contribution in [3.8, 4) is 0 Å². The van der Waals surface area contributed by atoms with E-state index < -0.39 is 0 Å². The van der Waals surface area contributed by atoms with E-state index >= 15 is 0 Å². The molecule has 2 amide bonds. The smallest absolute Gasteiger partial charge is 0.227 e. The van der Waals surface area contributed by atoms with Crippen molar-refractivity contribution in [3.05, 3.63) is 34.3 Å². The number of amides is 2. The van der Waals surface area contributed by atoms with E-state index in [2.05, 4.69) is 21.2 Å². The maximum Gasteiger partial charge on any atom is 0.227 e. The van der Waals surface area contributed by atoms with Gasteiger partial charge < -0.3 is 10.2 Å². The third kappa shape index (κ3) is 3.56. The SMILES string of the molecule is CN(Cc1ccccc1Br)C(=O)C1CCC(=O)NC1. The van der Waals surface area contributed by atoms with Crippen LogP contribution in [0.3, 0.4) is 0 Å². The number of carbonyl (C=O) groups excluding carboxylic acids is 2. The van der Waals surface area contributed by atoms with Crippen LogP contribution in [-0.4, -0.2) is 30.3 Å². The molecule has 0 bridgehead atoms. The Morgan fingerprint density at radius 3 is 2.84 bits per heavy atom. The van der Waals surface area contributed by atoms with Gasteiger partial charge in [-0.25, -0.2) is 0 Å². The molecule has 1 heterocycles. The minimum atomic E-state index is -0.0924. The van der Waals surface area contributed by atoms with Crippen LogP contribution in [0.15, 0.2) is 28.7 Å². The Balaban J connectivity index is 1.96. The largest absolute Gasteiger partial charge is 0.355 e. The number of hydrogen-bond donors (Lipinski definition) is 1. The van der Waals surface area contributed by atoms with Crippen molar-refractivity contribution in [3.63, 3.8) is 0 Å². The highest BCUT2D eigenvalue weighted by atomic mass is 79.9. The molecule has 0 spiro atoms. The predicted molar refractivity (Wildman–Crippen MR) is 76.3 cm³/mol. The summed E-state index contributed by atoms with van der Waals surface area (Å²) < 4.78 is 1.01. The summed E-state index contributed by atoms with van der Waals surface area (Å²) in [5.41, 5.74) is 1.08. The van der Waals surface area contributed by atoms with Gasteiger partial charge in [0.05, 0.1) is 5.92 Å². The number of carbonyl (C=O) groups is 2. The molecular weight excluding hydrogens is 308 g/mol. The minimum absolute atomic E-state index is 0.0394. The second-order valence-electron chi connectivity index (χ2n) is 4.83.